The smallest absolute Gasteiger partial charge is 0.233 e. The first-order valence-electron chi connectivity index (χ1n) is 7.68. The van der Waals surface area contributed by atoms with Crippen LogP contribution in [0.15, 0.2) is 65.4 Å². The number of carbonyl (C=O) groups excluding carboxylic acids is 1. The van der Waals surface area contributed by atoms with Crippen molar-refractivity contribution in [2.24, 2.45) is 0 Å². The molecule has 25 heavy (non-hydrogen) atoms. The second-order valence-corrected chi connectivity index (χ2v) is 8.43. The van der Waals surface area contributed by atoms with Gasteiger partial charge in [-0.25, -0.2) is 18.4 Å². The number of hydrogen-bond acceptors (Lipinski definition) is 6. The Morgan fingerprint density at radius 2 is 1.88 bits per heavy atom. The molecule has 1 aromatic carbocycles. The SMILES string of the molecule is O=C(CSc1ncccn1)N(Cc1ccccc1)[C@H]1C=CS(=O)(=O)C1. The molecule has 2 aromatic rings. The van der Waals surface area contributed by atoms with Crippen molar-refractivity contribution in [1.82, 2.24) is 14.9 Å². The Morgan fingerprint density at radius 3 is 2.52 bits per heavy atom. The van der Waals surface area contributed by atoms with Gasteiger partial charge in [-0.05, 0) is 17.7 Å². The number of sulfone groups is 1. The van der Waals surface area contributed by atoms with Gasteiger partial charge in [0.1, 0.15) is 0 Å². The summed E-state index contributed by atoms with van der Waals surface area (Å²) in [5.41, 5.74) is 0.953. The number of nitrogens with zero attached hydrogens (tertiary/aromatic N) is 3. The minimum absolute atomic E-state index is 0.0714. The molecule has 0 spiro atoms. The molecule has 0 N–H and O–H groups in total. The van der Waals surface area contributed by atoms with Crippen LogP contribution in [0.2, 0.25) is 0 Å². The minimum atomic E-state index is -3.24. The average Bonchev–Trinajstić information content (AvgIpc) is 2.99. The van der Waals surface area contributed by atoms with Gasteiger partial charge in [-0.1, -0.05) is 42.1 Å². The quantitative estimate of drug-likeness (QED) is 0.567. The molecular formula is C17H17N3O3S2. The van der Waals surface area contributed by atoms with E-state index >= 15 is 0 Å². The molecule has 1 aliphatic heterocycles. The lowest BCUT2D eigenvalue weighted by Crippen LogP contribution is -2.41. The molecule has 8 heteroatoms. The maximum absolute atomic E-state index is 12.7. The maximum atomic E-state index is 12.7. The number of aromatic nitrogens is 2. The van der Waals surface area contributed by atoms with Gasteiger partial charge >= 0.3 is 0 Å². The van der Waals surface area contributed by atoms with Crippen molar-refractivity contribution in [2.45, 2.75) is 17.7 Å². The van der Waals surface area contributed by atoms with Gasteiger partial charge in [-0.3, -0.25) is 4.79 Å². The fourth-order valence-corrected chi connectivity index (χ4v) is 4.48. The number of rotatable bonds is 6. The molecule has 3 rings (SSSR count). The summed E-state index contributed by atoms with van der Waals surface area (Å²) in [5.74, 6) is -0.0627. The van der Waals surface area contributed by atoms with Crippen LogP contribution in [0.1, 0.15) is 5.56 Å². The number of amides is 1. The molecule has 0 unspecified atom stereocenters. The molecule has 1 aromatic heterocycles. The highest BCUT2D eigenvalue weighted by molar-refractivity contribution is 7.99. The van der Waals surface area contributed by atoms with Gasteiger partial charge in [-0.2, -0.15) is 0 Å². The average molecular weight is 375 g/mol. The van der Waals surface area contributed by atoms with Crippen molar-refractivity contribution < 1.29 is 13.2 Å². The molecule has 0 fully saturated rings. The normalized spacial score (nSPS) is 18.2. The minimum Gasteiger partial charge on any atom is -0.330 e. The fraction of sp³-hybridized carbons (Fsp3) is 0.235. The standard InChI is InChI=1S/C17H17N3O3S2/c21-16(12-24-17-18-8-4-9-19-17)20(11-14-5-2-1-3-6-14)15-7-10-25(22,23)13-15/h1-10,15H,11-13H2/t15-/m0/s1. The van der Waals surface area contributed by atoms with Crippen molar-refractivity contribution in [1.29, 1.82) is 0 Å². The highest BCUT2D eigenvalue weighted by Crippen LogP contribution is 2.20. The Balaban J connectivity index is 1.73. The Kier molecular flexibility index (Phi) is 5.50. The van der Waals surface area contributed by atoms with E-state index in [0.29, 0.717) is 11.7 Å². The molecule has 0 aliphatic carbocycles. The first kappa shape index (κ1) is 17.6. The first-order valence-corrected chi connectivity index (χ1v) is 10.4. The molecule has 0 bridgehead atoms. The molecule has 0 saturated carbocycles. The Morgan fingerprint density at radius 1 is 1.16 bits per heavy atom. The summed E-state index contributed by atoms with van der Waals surface area (Å²) < 4.78 is 23.5. The van der Waals surface area contributed by atoms with Crippen LogP contribution in [0, 0.1) is 0 Å². The molecule has 1 atom stereocenters. The van der Waals surface area contributed by atoms with Crippen molar-refractivity contribution >= 4 is 27.5 Å². The van der Waals surface area contributed by atoms with Gasteiger partial charge in [0.05, 0.1) is 17.5 Å². The Bertz CT molecular complexity index is 855. The van der Waals surface area contributed by atoms with Crippen LogP contribution in [-0.4, -0.2) is 46.7 Å². The highest BCUT2D eigenvalue weighted by Gasteiger charge is 2.30. The third kappa shape index (κ3) is 4.90. The second kappa shape index (κ2) is 7.79. The van der Waals surface area contributed by atoms with E-state index in [2.05, 4.69) is 9.97 Å². The van der Waals surface area contributed by atoms with Gasteiger partial charge in [0, 0.05) is 24.3 Å². The summed E-state index contributed by atoms with van der Waals surface area (Å²) >= 11 is 1.24. The summed E-state index contributed by atoms with van der Waals surface area (Å²) in [6, 6.07) is 10.8. The number of hydrogen-bond donors (Lipinski definition) is 0. The molecule has 0 saturated heterocycles. The van der Waals surface area contributed by atoms with Crippen LogP contribution in [0.25, 0.3) is 0 Å². The van der Waals surface area contributed by atoms with Gasteiger partial charge in [0.25, 0.3) is 0 Å². The predicted octanol–water partition coefficient (Wildman–Crippen LogP) is 1.91. The third-order valence-corrected chi connectivity index (χ3v) is 5.93. The summed E-state index contributed by atoms with van der Waals surface area (Å²) in [7, 11) is -3.24. The van der Waals surface area contributed by atoms with Gasteiger partial charge in [0.2, 0.25) is 5.91 Å². The summed E-state index contributed by atoms with van der Waals surface area (Å²) in [4.78, 5) is 22.5. The lowest BCUT2D eigenvalue weighted by molar-refractivity contribution is -0.130. The van der Waals surface area contributed by atoms with E-state index < -0.39 is 15.9 Å². The van der Waals surface area contributed by atoms with Crippen molar-refractivity contribution in [3.63, 3.8) is 0 Å². The van der Waals surface area contributed by atoms with E-state index in [4.69, 9.17) is 0 Å². The number of benzene rings is 1. The largest absolute Gasteiger partial charge is 0.330 e. The van der Waals surface area contributed by atoms with Gasteiger partial charge in [-0.15, -0.1) is 0 Å². The monoisotopic (exact) mass is 375 g/mol. The van der Waals surface area contributed by atoms with Crippen LogP contribution in [0.4, 0.5) is 0 Å². The van der Waals surface area contributed by atoms with Crippen molar-refractivity contribution in [3.8, 4) is 0 Å². The molecule has 1 amide bonds. The lowest BCUT2D eigenvalue weighted by atomic mass is 10.2. The summed E-state index contributed by atoms with van der Waals surface area (Å²) in [6.07, 6.45) is 4.82. The zero-order valence-electron chi connectivity index (χ0n) is 13.4. The molecule has 1 aliphatic rings. The van der Waals surface area contributed by atoms with Crippen LogP contribution >= 0.6 is 11.8 Å². The predicted molar refractivity (Wildman–Crippen MR) is 96.5 cm³/mol. The fourth-order valence-electron chi connectivity index (χ4n) is 2.49. The first-order chi connectivity index (χ1) is 12.0. The van der Waals surface area contributed by atoms with Crippen molar-refractivity contribution in [2.75, 3.05) is 11.5 Å². The van der Waals surface area contributed by atoms with Crippen LogP contribution in [0.3, 0.4) is 0 Å². The zero-order valence-corrected chi connectivity index (χ0v) is 15.0. The maximum Gasteiger partial charge on any atom is 0.233 e. The molecule has 6 nitrogen and oxygen atoms in total. The third-order valence-electron chi connectivity index (χ3n) is 3.69. The van der Waals surface area contributed by atoms with Gasteiger partial charge < -0.3 is 4.90 Å². The number of thioether (sulfide) groups is 1. The Labute approximate surface area is 150 Å². The van der Waals surface area contributed by atoms with E-state index in [-0.39, 0.29) is 17.4 Å². The zero-order chi connectivity index (χ0) is 17.7. The van der Waals surface area contributed by atoms with Crippen LogP contribution in [-0.2, 0) is 21.2 Å². The van der Waals surface area contributed by atoms with Crippen LogP contribution < -0.4 is 0 Å². The lowest BCUT2D eigenvalue weighted by Gasteiger charge is -2.27. The summed E-state index contributed by atoms with van der Waals surface area (Å²) in [6.45, 7) is 0.362. The topological polar surface area (TPSA) is 80.2 Å². The highest BCUT2D eigenvalue weighted by atomic mass is 32.2. The molecular weight excluding hydrogens is 358 g/mol. The van der Waals surface area contributed by atoms with E-state index in [9.17, 15) is 13.2 Å². The molecule has 130 valence electrons. The second-order valence-electron chi connectivity index (χ2n) is 5.55. The van der Waals surface area contributed by atoms with Gasteiger partial charge in [0.15, 0.2) is 15.0 Å². The van der Waals surface area contributed by atoms with E-state index in [1.54, 1.807) is 29.4 Å². The molecule has 2 heterocycles. The van der Waals surface area contributed by atoms with Crippen LogP contribution in [0.5, 0.6) is 0 Å². The number of carbonyl (C=O) groups is 1. The van der Waals surface area contributed by atoms with E-state index in [1.165, 1.54) is 17.2 Å². The van der Waals surface area contributed by atoms with Crippen molar-refractivity contribution in [3.05, 3.63) is 65.8 Å². The Hall–Kier alpha value is -2.19. The summed E-state index contributed by atoms with van der Waals surface area (Å²) in [5, 5.41) is 1.71. The molecule has 0 radical (unpaired) electrons. The van der Waals surface area contributed by atoms with E-state index in [1.807, 2.05) is 30.3 Å². The van der Waals surface area contributed by atoms with E-state index in [0.717, 1.165) is 5.56 Å².